The average Bonchev–Trinajstić information content (AvgIpc) is 2.71. The summed E-state index contributed by atoms with van der Waals surface area (Å²) in [6.07, 6.45) is 2.20. The summed E-state index contributed by atoms with van der Waals surface area (Å²) < 4.78 is 0. The number of rotatable bonds is 5. The maximum absolute atomic E-state index is 11.3. The van der Waals surface area contributed by atoms with Crippen molar-refractivity contribution in [2.75, 3.05) is 32.7 Å². The third-order valence-corrected chi connectivity index (χ3v) is 2.90. The van der Waals surface area contributed by atoms with Crippen molar-refractivity contribution in [1.29, 1.82) is 0 Å². The summed E-state index contributed by atoms with van der Waals surface area (Å²) >= 11 is 0. The van der Waals surface area contributed by atoms with E-state index in [1.807, 2.05) is 0 Å². The normalized spacial score (nSPS) is 21.6. The number of urea groups is 1. The molecule has 0 aromatic heterocycles. The fraction of sp³-hybridized carbons (Fsp3) is 0.909. The quantitative estimate of drug-likeness (QED) is 0.716. The zero-order valence-electron chi connectivity index (χ0n) is 9.88. The molecule has 0 bridgehead atoms. The molecule has 2 amide bonds. The smallest absolute Gasteiger partial charge is 0.314 e. The van der Waals surface area contributed by atoms with Crippen molar-refractivity contribution >= 4 is 6.03 Å². The van der Waals surface area contributed by atoms with Gasteiger partial charge in [-0.15, -0.1) is 0 Å². The van der Waals surface area contributed by atoms with Crippen LogP contribution < -0.4 is 10.6 Å². The molecule has 1 rings (SSSR count). The minimum atomic E-state index is -0.0215. The second-order valence-corrected chi connectivity index (χ2v) is 4.18. The van der Waals surface area contributed by atoms with Crippen molar-refractivity contribution in [1.82, 2.24) is 15.5 Å². The first-order valence-electron chi connectivity index (χ1n) is 6.00. The molecule has 0 spiro atoms. The van der Waals surface area contributed by atoms with Crippen LogP contribution in [0.4, 0.5) is 4.79 Å². The summed E-state index contributed by atoms with van der Waals surface area (Å²) in [6, 6.07) is -0.0215. The molecule has 1 atom stereocenters. The highest BCUT2D eigenvalue weighted by molar-refractivity contribution is 5.73. The lowest BCUT2D eigenvalue weighted by Gasteiger charge is -2.13. The van der Waals surface area contributed by atoms with Crippen molar-refractivity contribution < 1.29 is 4.79 Å². The van der Waals surface area contributed by atoms with Gasteiger partial charge < -0.3 is 15.5 Å². The van der Waals surface area contributed by atoms with E-state index in [0.717, 1.165) is 32.6 Å². The highest BCUT2D eigenvalue weighted by Crippen LogP contribution is 2.14. The molecule has 0 aromatic carbocycles. The summed E-state index contributed by atoms with van der Waals surface area (Å²) in [7, 11) is 0. The van der Waals surface area contributed by atoms with E-state index in [-0.39, 0.29) is 6.03 Å². The van der Waals surface area contributed by atoms with Gasteiger partial charge in [0.05, 0.1) is 0 Å². The molecule has 4 heteroatoms. The molecule has 88 valence electrons. The van der Waals surface area contributed by atoms with Gasteiger partial charge >= 0.3 is 6.03 Å². The summed E-state index contributed by atoms with van der Waals surface area (Å²) in [6.45, 7) is 9.24. The molecule has 1 aliphatic rings. The van der Waals surface area contributed by atoms with Crippen LogP contribution in [0.2, 0.25) is 0 Å². The van der Waals surface area contributed by atoms with E-state index in [2.05, 4.69) is 29.4 Å². The second-order valence-electron chi connectivity index (χ2n) is 4.18. The van der Waals surface area contributed by atoms with Crippen LogP contribution in [0.1, 0.15) is 26.7 Å². The summed E-state index contributed by atoms with van der Waals surface area (Å²) in [5.74, 6) is 0.636. The Morgan fingerprint density at radius 3 is 2.80 bits per heavy atom. The number of hydrogen-bond acceptors (Lipinski definition) is 2. The van der Waals surface area contributed by atoms with Gasteiger partial charge in [0.25, 0.3) is 0 Å². The predicted molar refractivity (Wildman–Crippen MR) is 61.9 cm³/mol. The number of carbonyl (C=O) groups is 1. The Morgan fingerprint density at radius 2 is 2.20 bits per heavy atom. The molecule has 1 unspecified atom stereocenters. The van der Waals surface area contributed by atoms with Crippen LogP contribution in [0.25, 0.3) is 0 Å². The molecular formula is C11H23N3O. The van der Waals surface area contributed by atoms with Crippen LogP contribution in [-0.4, -0.2) is 43.7 Å². The van der Waals surface area contributed by atoms with Crippen LogP contribution in [0.15, 0.2) is 0 Å². The Balaban J connectivity index is 2.07. The van der Waals surface area contributed by atoms with E-state index in [1.54, 1.807) is 0 Å². The topological polar surface area (TPSA) is 44.4 Å². The average molecular weight is 213 g/mol. The van der Waals surface area contributed by atoms with Crippen LogP contribution in [0.3, 0.4) is 0 Å². The maximum atomic E-state index is 11.3. The highest BCUT2D eigenvalue weighted by Gasteiger charge is 2.21. The van der Waals surface area contributed by atoms with Crippen LogP contribution >= 0.6 is 0 Å². The lowest BCUT2D eigenvalue weighted by Crippen LogP contribution is -2.39. The molecular weight excluding hydrogens is 190 g/mol. The summed E-state index contributed by atoms with van der Waals surface area (Å²) in [4.78, 5) is 13.7. The van der Waals surface area contributed by atoms with Crippen molar-refractivity contribution in [3.05, 3.63) is 0 Å². The molecule has 0 aliphatic carbocycles. The Morgan fingerprint density at radius 1 is 1.40 bits per heavy atom. The van der Waals surface area contributed by atoms with Gasteiger partial charge in [-0.25, -0.2) is 4.79 Å². The lowest BCUT2D eigenvalue weighted by atomic mass is 10.1. The van der Waals surface area contributed by atoms with Gasteiger partial charge in [0.1, 0.15) is 0 Å². The van der Waals surface area contributed by atoms with Crippen molar-refractivity contribution in [3.8, 4) is 0 Å². The van der Waals surface area contributed by atoms with Crippen molar-refractivity contribution in [3.63, 3.8) is 0 Å². The number of amides is 2. The predicted octanol–water partition coefficient (Wildman–Crippen LogP) is 1.04. The Hall–Kier alpha value is -0.770. The van der Waals surface area contributed by atoms with Crippen LogP contribution in [-0.2, 0) is 0 Å². The second kappa shape index (κ2) is 6.67. The third-order valence-electron chi connectivity index (χ3n) is 2.90. The fourth-order valence-corrected chi connectivity index (χ4v) is 1.90. The minimum absolute atomic E-state index is 0.0215. The molecule has 0 saturated carbocycles. The van der Waals surface area contributed by atoms with Gasteiger partial charge in [0.15, 0.2) is 0 Å². The molecule has 15 heavy (non-hydrogen) atoms. The van der Waals surface area contributed by atoms with Gasteiger partial charge in [-0.3, -0.25) is 0 Å². The van der Waals surface area contributed by atoms with Crippen molar-refractivity contribution in [2.45, 2.75) is 26.7 Å². The van der Waals surface area contributed by atoms with E-state index in [9.17, 15) is 4.79 Å². The first-order valence-corrected chi connectivity index (χ1v) is 6.00. The monoisotopic (exact) mass is 213 g/mol. The molecule has 0 aromatic rings. The van der Waals surface area contributed by atoms with E-state index in [1.165, 1.54) is 13.0 Å². The molecule has 1 aliphatic heterocycles. The SMILES string of the molecule is CCCNC(=O)NCC1CCN(CC)C1. The molecule has 1 fully saturated rings. The van der Waals surface area contributed by atoms with E-state index >= 15 is 0 Å². The van der Waals surface area contributed by atoms with Gasteiger partial charge in [0, 0.05) is 19.6 Å². The largest absolute Gasteiger partial charge is 0.338 e. The van der Waals surface area contributed by atoms with Crippen LogP contribution in [0.5, 0.6) is 0 Å². The van der Waals surface area contributed by atoms with Gasteiger partial charge in [0.2, 0.25) is 0 Å². The Bertz CT molecular complexity index is 196. The number of carbonyl (C=O) groups excluding carboxylic acids is 1. The molecule has 0 radical (unpaired) electrons. The van der Waals surface area contributed by atoms with Crippen LogP contribution in [0, 0.1) is 5.92 Å². The third kappa shape index (κ3) is 4.51. The summed E-state index contributed by atoms with van der Waals surface area (Å²) in [5, 5.41) is 5.75. The molecule has 1 saturated heterocycles. The summed E-state index contributed by atoms with van der Waals surface area (Å²) in [5.41, 5.74) is 0. The first-order chi connectivity index (χ1) is 7.26. The maximum Gasteiger partial charge on any atom is 0.314 e. The Kier molecular flexibility index (Phi) is 5.47. The zero-order chi connectivity index (χ0) is 11.1. The lowest BCUT2D eigenvalue weighted by molar-refractivity contribution is 0.238. The van der Waals surface area contributed by atoms with E-state index < -0.39 is 0 Å². The van der Waals surface area contributed by atoms with Gasteiger partial charge in [-0.1, -0.05) is 13.8 Å². The molecule has 2 N–H and O–H groups in total. The fourth-order valence-electron chi connectivity index (χ4n) is 1.90. The van der Waals surface area contributed by atoms with Gasteiger partial charge in [-0.2, -0.15) is 0 Å². The number of nitrogens with zero attached hydrogens (tertiary/aromatic N) is 1. The van der Waals surface area contributed by atoms with Gasteiger partial charge in [-0.05, 0) is 31.8 Å². The highest BCUT2D eigenvalue weighted by atomic mass is 16.2. The van der Waals surface area contributed by atoms with E-state index in [0.29, 0.717) is 5.92 Å². The van der Waals surface area contributed by atoms with Crippen molar-refractivity contribution in [2.24, 2.45) is 5.92 Å². The first kappa shape index (κ1) is 12.3. The molecule has 1 heterocycles. The minimum Gasteiger partial charge on any atom is -0.338 e. The number of nitrogens with one attached hydrogen (secondary N) is 2. The zero-order valence-corrected chi connectivity index (χ0v) is 9.88. The molecule has 4 nitrogen and oxygen atoms in total. The standard InChI is InChI=1S/C11H23N3O/c1-3-6-12-11(15)13-8-10-5-7-14(4-2)9-10/h10H,3-9H2,1-2H3,(H2,12,13,15). The number of likely N-dealkylation sites (tertiary alicyclic amines) is 1. The Labute approximate surface area is 92.4 Å². The number of hydrogen-bond donors (Lipinski definition) is 2. The van der Waals surface area contributed by atoms with E-state index in [4.69, 9.17) is 0 Å².